The average Bonchev–Trinajstić information content (AvgIpc) is 3.07. The molecule has 45 heavy (non-hydrogen) atoms. The molecule has 0 fully saturated rings. The van der Waals surface area contributed by atoms with Crippen LogP contribution < -0.4 is 21.3 Å². The van der Waals surface area contributed by atoms with Crippen molar-refractivity contribution in [1.82, 2.24) is 21.3 Å². The van der Waals surface area contributed by atoms with Crippen molar-refractivity contribution in [2.24, 2.45) is 5.92 Å². The van der Waals surface area contributed by atoms with E-state index in [1.54, 1.807) is 0 Å². The second-order valence-corrected chi connectivity index (χ2v) is 9.90. The summed E-state index contributed by atoms with van der Waals surface area (Å²) < 4.78 is 15.3. The first-order chi connectivity index (χ1) is 21.9. The van der Waals surface area contributed by atoms with Crippen molar-refractivity contribution in [3.8, 4) is 0 Å². The molecule has 12 nitrogen and oxygen atoms in total. The number of amides is 4. The third kappa shape index (κ3) is 14.7. The minimum absolute atomic E-state index is 0.0828. The molecule has 4 amide bonds. The van der Waals surface area contributed by atoms with E-state index in [4.69, 9.17) is 14.2 Å². The number of ether oxygens (including phenoxy) is 3. The maximum absolute atomic E-state index is 13.0. The lowest BCUT2D eigenvalue weighted by atomic mass is 9.95. The van der Waals surface area contributed by atoms with Crippen LogP contribution >= 0.6 is 0 Å². The van der Waals surface area contributed by atoms with Crippen molar-refractivity contribution in [3.63, 3.8) is 0 Å². The Balaban J connectivity index is 1.33. The summed E-state index contributed by atoms with van der Waals surface area (Å²) in [6.45, 7) is -0.777. The molecule has 0 bridgehead atoms. The van der Waals surface area contributed by atoms with Crippen molar-refractivity contribution in [3.05, 3.63) is 108 Å². The summed E-state index contributed by atoms with van der Waals surface area (Å²) in [6.07, 6.45) is -0.0367. The highest BCUT2D eigenvalue weighted by molar-refractivity contribution is 5.86. The van der Waals surface area contributed by atoms with Crippen molar-refractivity contribution >= 4 is 29.8 Å². The first kappa shape index (κ1) is 34.3. The van der Waals surface area contributed by atoms with Crippen LogP contribution in [0.25, 0.3) is 0 Å². The molecule has 0 aliphatic rings. The first-order valence-electron chi connectivity index (χ1n) is 14.5. The highest BCUT2D eigenvalue weighted by Crippen LogP contribution is 2.12. The third-order valence-corrected chi connectivity index (χ3v) is 6.37. The van der Waals surface area contributed by atoms with Gasteiger partial charge in [-0.1, -0.05) is 91.0 Å². The summed E-state index contributed by atoms with van der Waals surface area (Å²) in [5.41, 5.74) is 2.59. The fourth-order valence-electron chi connectivity index (χ4n) is 4.02. The van der Waals surface area contributed by atoms with Gasteiger partial charge in [0.2, 0.25) is 17.7 Å². The second kappa shape index (κ2) is 19.9. The first-order valence-corrected chi connectivity index (χ1v) is 14.5. The minimum atomic E-state index is -0.720. The molecule has 12 heteroatoms. The lowest BCUT2D eigenvalue weighted by molar-refractivity contribution is -0.151. The van der Waals surface area contributed by atoms with Gasteiger partial charge in [0.15, 0.2) is 0 Å². The highest BCUT2D eigenvalue weighted by atomic mass is 16.6. The van der Waals surface area contributed by atoms with Crippen molar-refractivity contribution < 1.29 is 38.2 Å². The molecule has 0 saturated heterocycles. The molecule has 0 radical (unpaired) electrons. The van der Waals surface area contributed by atoms with Crippen molar-refractivity contribution in [2.75, 3.05) is 33.0 Å². The summed E-state index contributed by atoms with van der Waals surface area (Å²) >= 11 is 0. The third-order valence-electron chi connectivity index (χ3n) is 6.37. The fraction of sp³-hybridized carbons (Fsp3) is 0.303. The molecule has 1 atom stereocenters. The Labute approximate surface area is 261 Å². The van der Waals surface area contributed by atoms with E-state index in [1.807, 2.05) is 91.0 Å². The van der Waals surface area contributed by atoms with Crippen LogP contribution in [-0.2, 0) is 53.0 Å². The fourth-order valence-corrected chi connectivity index (χ4v) is 4.02. The molecule has 1 unspecified atom stereocenters. The zero-order chi connectivity index (χ0) is 32.1. The number of esters is 1. The molecule has 0 heterocycles. The number of carbonyl (C=O) groups excluding carboxylic acids is 5. The molecule has 3 aromatic rings. The van der Waals surface area contributed by atoms with Gasteiger partial charge < -0.3 is 35.5 Å². The van der Waals surface area contributed by atoms with E-state index in [0.29, 0.717) is 12.8 Å². The number of benzene rings is 3. The number of alkyl carbamates (subject to hydrolysis) is 1. The summed E-state index contributed by atoms with van der Waals surface area (Å²) in [5, 5.41) is 10.2. The molecule has 0 aromatic heterocycles. The lowest BCUT2D eigenvalue weighted by Crippen LogP contribution is -2.42. The predicted octanol–water partition coefficient (Wildman–Crippen LogP) is 2.23. The Morgan fingerprint density at radius 3 is 1.76 bits per heavy atom. The molecular formula is C33H38N4O8. The SMILES string of the molecule is O=C(CNC(=O)OCc1ccccc1)NCCC(Cc1ccccc1)C(=O)NCC(=O)NCOCC(=O)OCc1ccccc1. The molecule has 0 spiro atoms. The van der Waals surface area contributed by atoms with E-state index in [2.05, 4.69) is 21.3 Å². The van der Waals surface area contributed by atoms with Crippen LogP contribution in [0.1, 0.15) is 23.1 Å². The second-order valence-electron chi connectivity index (χ2n) is 9.90. The van der Waals surface area contributed by atoms with Gasteiger partial charge in [-0.2, -0.15) is 0 Å². The van der Waals surface area contributed by atoms with Gasteiger partial charge in [0.1, 0.15) is 26.6 Å². The smallest absolute Gasteiger partial charge is 0.407 e. The number of rotatable bonds is 18. The molecule has 3 rings (SSSR count). The molecule has 0 saturated carbocycles. The number of hydrogen-bond acceptors (Lipinski definition) is 8. The van der Waals surface area contributed by atoms with Gasteiger partial charge in [-0.05, 0) is 29.5 Å². The summed E-state index contributed by atoms with van der Waals surface area (Å²) in [4.78, 5) is 61.1. The largest absolute Gasteiger partial charge is 0.459 e. The van der Waals surface area contributed by atoms with Crippen molar-refractivity contribution in [1.29, 1.82) is 0 Å². The molecule has 238 valence electrons. The van der Waals surface area contributed by atoms with E-state index in [1.165, 1.54) is 0 Å². The quantitative estimate of drug-likeness (QED) is 0.0959. The number of carbonyl (C=O) groups is 5. The standard InChI is InChI=1S/C33H38N4O8/c38-29(20-36-33(42)45-22-27-14-8-3-9-15-27)34-17-16-28(18-25-10-4-1-5-11-25)32(41)35-19-30(39)37-24-43-23-31(40)44-21-26-12-6-2-7-13-26/h1-15,28H,16-24H2,(H,34,38)(H,35,41)(H,36,42)(H,37,39). The molecule has 0 aliphatic heterocycles. The van der Waals surface area contributed by atoms with E-state index >= 15 is 0 Å². The molecule has 3 aromatic carbocycles. The van der Waals surface area contributed by atoms with Gasteiger partial charge in [-0.25, -0.2) is 9.59 Å². The summed E-state index contributed by atoms with van der Waals surface area (Å²) in [7, 11) is 0. The predicted molar refractivity (Wildman–Crippen MR) is 164 cm³/mol. The number of hydrogen-bond donors (Lipinski definition) is 4. The summed E-state index contributed by atoms with van der Waals surface area (Å²) in [6, 6.07) is 27.7. The van der Waals surface area contributed by atoms with Crippen LogP contribution in [0, 0.1) is 5.92 Å². The highest BCUT2D eigenvalue weighted by Gasteiger charge is 2.20. The normalized spacial score (nSPS) is 11.0. The minimum Gasteiger partial charge on any atom is -0.459 e. The monoisotopic (exact) mass is 618 g/mol. The lowest BCUT2D eigenvalue weighted by Gasteiger charge is -2.17. The molecule has 0 aliphatic carbocycles. The Kier molecular flexibility index (Phi) is 15.1. The maximum atomic E-state index is 13.0. The van der Waals surface area contributed by atoms with Crippen LogP contribution in [0.3, 0.4) is 0 Å². The zero-order valence-electron chi connectivity index (χ0n) is 24.9. The Morgan fingerprint density at radius 1 is 0.600 bits per heavy atom. The van der Waals surface area contributed by atoms with Crippen LogP contribution in [0.5, 0.6) is 0 Å². The summed E-state index contributed by atoms with van der Waals surface area (Å²) in [5.74, 6) is -2.42. The topological polar surface area (TPSA) is 161 Å². The van der Waals surface area contributed by atoms with E-state index < -0.39 is 29.8 Å². The molecular weight excluding hydrogens is 580 g/mol. The van der Waals surface area contributed by atoms with Crippen LogP contribution in [0.2, 0.25) is 0 Å². The van der Waals surface area contributed by atoms with Crippen LogP contribution in [0.4, 0.5) is 4.79 Å². The van der Waals surface area contributed by atoms with Crippen molar-refractivity contribution in [2.45, 2.75) is 26.1 Å². The Bertz CT molecular complexity index is 1360. The maximum Gasteiger partial charge on any atom is 0.407 e. The van der Waals surface area contributed by atoms with E-state index in [-0.39, 0.29) is 52.1 Å². The number of nitrogens with one attached hydrogen (secondary N) is 4. The van der Waals surface area contributed by atoms with E-state index in [9.17, 15) is 24.0 Å². The van der Waals surface area contributed by atoms with Gasteiger partial charge in [-0.3, -0.25) is 14.4 Å². The van der Waals surface area contributed by atoms with Crippen LogP contribution in [-0.4, -0.2) is 62.8 Å². The Hall–Kier alpha value is -5.23. The van der Waals surface area contributed by atoms with Gasteiger partial charge >= 0.3 is 12.1 Å². The van der Waals surface area contributed by atoms with Gasteiger partial charge in [-0.15, -0.1) is 0 Å². The zero-order valence-corrected chi connectivity index (χ0v) is 24.9. The Morgan fingerprint density at radius 2 is 1.13 bits per heavy atom. The van der Waals surface area contributed by atoms with Gasteiger partial charge in [0.25, 0.3) is 0 Å². The van der Waals surface area contributed by atoms with Crippen LogP contribution in [0.15, 0.2) is 91.0 Å². The molecule has 4 N–H and O–H groups in total. The average molecular weight is 619 g/mol. The van der Waals surface area contributed by atoms with Gasteiger partial charge in [0, 0.05) is 12.5 Å². The van der Waals surface area contributed by atoms with E-state index in [0.717, 1.165) is 16.7 Å². The van der Waals surface area contributed by atoms with Gasteiger partial charge in [0.05, 0.1) is 13.1 Å².